The Morgan fingerprint density at radius 1 is 1.16 bits per heavy atom. The molecule has 104 valence electrons. The second-order valence-corrected chi connectivity index (χ2v) is 6.47. The largest absolute Gasteiger partial charge is 0.387 e. The van der Waals surface area contributed by atoms with Gasteiger partial charge in [-0.2, -0.15) is 0 Å². The highest BCUT2D eigenvalue weighted by molar-refractivity contribution is 5.32. The van der Waals surface area contributed by atoms with E-state index in [2.05, 4.69) is 36.9 Å². The van der Waals surface area contributed by atoms with Crippen LogP contribution in [0, 0.1) is 5.92 Å². The first-order chi connectivity index (χ1) is 9.16. The van der Waals surface area contributed by atoms with Gasteiger partial charge in [0.2, 0.25) is 0 Å². The predicted octanol–water partition coefficient (Wildman–Crippen LogP) is 3.16. The first-order valence-electron chi connectivity index (χ1n) is 7.68. The summed E-state index contributed by atoms with van der Waals surface area (Å²) in [7, 11) is 0. The third-order valence-corrected chi connectivity index (χ3v) is 5.06. The number of aliphatic hydroxyl groups excluding tert-OH is 1. The number of benzene rings is 1. The summed E-state index contributed by atoms with van der Waals surface area (Å²) in [6.45, 7) is 5.82. The molecule has 0 aromatic heterocycles. The molecule has 0 radical (unpaired) electrons. The summed E-state index contributed by atoms with van der Waals surface area (Å²) in [5.74, 6) is 0.833. The number of hydrogen-bond acceptors (Lipinski definition) is 2. The van der Waals surface area contributed by atoms with Gasteiger partial charge in [-0.3, -0.25) is 4.90 Å². The summed E-state index contributed by atoms with van der Waals surface area (Å²) >= 11 is 0. The van der Waals surface area contributed by atoms with Crippen LogP contribution in [0.25, 0.3) is 0 Å². The van der Waals surface area contributed by atoms with Gasteiger partial charge in [-0.25, -0.2) is 0 Å². The molecule has 2 nitrogen and oxygen atoms in total. The molecule has 19 heavy (non-hydrogen) atoms. The number of aliphatic hydroxyl groups is 1. The molecule has 3 rings (SSSR count). The summed E-state index contributed by atoms with van der Waals surface area (Å²) in [5.41, 5.74) is 2.49. The Kier molecular flexibility index (Phi) is 3.64. The molecule has 4 unspecified atom stereocenters. The van der Waals surface area contributed by atoms with Crippen molar-refractivity contribution in [1.82, 2.24) is 4.90 Å². The quantitative estimate of drug-likeness (QED) is 0.837. The molecule has 0 amide bonds. The number of hydrogen-bond donors (Lipinski definition) is 1. The number of aryl methyl sites for hydroxylation is 1. The van der Waals surface area contributed by atoms with Gasteiger partial charge < -0.3 is 5.11 Å². The van der Waals surface area contributed by atoms with Gasteiger partial charge in [0.05, 0.1) is 6.10 Å². The lowest BCUT2D eigenvalue weighted by Crippen LogP contribution is -2.50. The van der Waals surface area contributed by atoms with E-state index < -0.39 is 0 Å². The molecule has 2 aliphatic rings. The summed E-state index contributed by atoms with van der Waals surface area (Å²) in [6, 6.07) is 9.31. The Bertz CT molecular complexity index is 445. The average Bonchev–Trinajstić information content (AvgIpc) is 2.41. The van der Waals surface area contributed by atoms with E-state index in [-0.39, 0.29) is 6.10 Å². The van der Waals surface area contributed by atoms with Crippen LogP contribution in [-0.2, 0) is 6.42 Å². The van der Waals surface area contributed by atoms with Gasteiger partial charge in [0.1, 0.15) is 0 Å². The van der Waals surface area contributed by atoms with Crippen LogP contribution in [-0.4, -0.2) is 28.6 Å². The molecule has 1 saturated heterocycles. The van der Waals surface area contributed by atoms with Crippen molar-refractivity contribution < 1.29 is 5.11 Å². The summed E-state index contributed by atoms with van der Waals surface area (Å²) in [4.78, 5) is 2.56. The smallest absolute Gasteiger partial charge is 0.0948 e. The van der Waals surface area contributed by atoms with Crippen LogP contribution in [0.2, 0.25) is 0 Å². The minimum atomic E-state index is -0.305. The lowest BCUT2D eigenvalue weighted by Gasteiger charge is -2.45. The van der Waals surface area contributed by atoms with E-state index in [0.717, 1.165) is 30.9 Å². The molecule has 0 spiro atoms. The second-order valence-electron chi connectivity index (χ2n) is 6.47. The van der Waals surface area contributed by atoms with Gasteiger partial charge in [0, 0.05) is 12.1 Å². The molecule has 0 saturated carbocycles. The highest BCUT2D eigenvalue weighted by Gasteiger charge is 2.36. The van der Waals surface area contributed by atoms with Crippen LogP contribution >= 0.6 is 0 Å². The van der Waals surface area contributed by atoms with Crippen LogP contribution in [0.4, 0.5) is 0 Å². The molecule has 1 aliphatic heterocycles. The maximum atomic E-state index is 10.7. The lowest BCUT2D eigenvalue weighted by molar-refractivity contribution is -0.00737. The SMILES string of the molecule is CC1CCN(C2CCc3ccccc3C2O)C(C)C1. The minimum Gasteiger partial charge on any atom is -0.387 e. The number of likely N-dealkylation sites (tertiary alicyclic amines) is 1. The molecule has 1 aromatic rings. The van der Waals surface area contributed by atoms with E-state index in [9.17, 15) is 5.11 Å². The number of fused-ring (bicyclic) bond motifs is 1. The van der Waals surface area contributed by atoms with Gasteiger partial charge in [-0.15, -0.1) is 0 Å². The van der Waals surface area contributed by atoms with Crippen molar-refractivity contribution >= 4 is 0 Å². The summed E-state index contributed by atoms with van der Waals surface area (Å²) in [6.07, 6.45) is 4.44. The highest BCUT2D eigenvalue weighted by Crippen LogP contribution is 2.36. The lowest BCUT2D eigenvalue weighted by atomic mass is 9.82. The molecule has 1 fully saturated rings. The molecule has 1 aliphatic carbocycles. The fraction of sp³-hybridized carbons (Fsp3) is 0.647. The normalized spacial score (nSPS) is 35.9. The molecular weight excluding hydrogens is 234 g/mol. The zero-order chi connectivity index (χ0) is 13.4. The Morgan fingerprint density at radius 3 is 2.74 bits per heavy atom. The van der Waals surface area contributed by atoms with Crippen molar-refractivity contribution in [2.45, 2.75) is 57.7 Å². The molecular formula is C17H25NO. The van der Waals surface area contributed by atoms with E-state index in [4.69, 9.17) is 0 Å². The van der Waals surface area contributed by atoms with Crippen molar-refractivity contribution in [3.8, 4) is 0 Å². The van der Waals surface area contributed by atoms with Crippen molar-refractivity contribution in [1.29, 1.82) is 0 Å². The van der Waals surface area contributed by atoms with Crippen LogP contribution in [0.1, 0.15) is 50.3 Å². The topological polar surface area (TPSA) is 23.5 Å². The second kappa shape index (κ2) is 5.26. The minimum absolute atomic E-state index is 0.305. The summed E-state index contributed by atoms with van der Waals surface area (Å²) < 4.78 is 0. The van der Waals surface area contributed by atoms with Crippen molar-refractivity contribution in [2.24, 2.45) is 5.92 Å². The molecule has 1 N–H and O–H groups in total. The van der Waals surface area contributed by atoms with Gasteiger partial charge in [-0.05, 0) is 56.2 Å². The number of piperidine rings is 1. The van der Waals surface area contributed by atoms with Crippen LogP contribution in [0.5, 0.6) is 0 Å². The van der Waals surface area contributed by atoms with E-state index in [1.807, 2.05) is 6.07 Å². The maximum absolute atomic E-state index is 10.7. The molecule has 1 heterocycles. The van der Waals surface area contributed by atoms with E-state index >= 15 is 0 Å². The zero-order valence-electron chi connectivity index (χ0n) is 12.0. The molecule has 1 aromatic carbocycles. The fourth-order valence-electron chi connectivity index (χ4n) is 3.98. The van der Waals surface area contributed by atoms with Gasteiger partial charge >= 0.3 is 0 Å². The summed E-state index contributed by atoms with van der Waals surface area (Å²) in [5, 5.41) is 10.7. The first-order valence-corrected chi connectivity index (χ1v) is 7.68. The van der Waals surface area contributed by atoms with Crippen molar-refractivity contribution in [3.63, 3.8) is 0 Å². The third kappa shape index (κ3) is 2.44. The third-order valence-electron chi connectivity index (χ3n) is 5.06. The van der Waals surface area contributed by atoms with Gasteiger partial charge in [-0.1, -0.05) is 31.2 Å². The average molecular weight is 259 g/mol. The van der Waals surface area contributed by atoms with E-state index in [1.165, 1.54) is 18.4 Å². The molecule has 0 bridgehead atoms. The van der Waals surface area contributed by atoms with Crippen LogP contribution in [0.15, 0.2) is 24.3 Å². The van der Waals surface area contributed by atoms with Gasteiger partial charge in [0.15, 0.2) is 0 Å². The van der Waals surface area contributed by atoms with Crippen molar-refractivity contribution in [2.75, 3.05) is 6.54 Å². The highest BCUT2D eigenvalue weighted by atomic mass is 16.3. The molecule has 2 heteroatoms. The fourth-order valence-corrected chi connectivity index (χ4v) is 3.98. The van der Waals surface area contributed by atoms with Crippen molar-refractivity contribution in [3.05, 3.63) is 35.4 Å². The standard InChI is InChI=1S/C17H25NO/c1-12-9-10-18(13(2)11-12)16-8-7-14-5-3-4-6-15(14)17(16)19/h3-6,12-13,16-17,19H,7-11H2,1-2H3. The monoisotopic (exact) mass is 259 g/mol. The number of nitrogens with zero attached hydrogens (tertiary/aromatic N) is 1. The van der Waals surface area contributed by atoms with E-state index in [0.29, 0.717) is 12.1 Å². The molecule has 4 atom stereocenters. The number of rotatable bonds is 1. The van der Waals surface area contributed by atoms with Crippen LogP contribution < -0.4 is 0 Å². The van der Waals surface area contributed by atoms with E-state index in [1.54, 1.807) is 0 Å². The Hall–Kier alpha value is -0.860. The zero-order valence-corrected chi connectivity index (χ0v) is 12.0. The van der Waals surface area contributed by atoms with Crippen LogP contribution in [0.3, 0.4) is 0 Å². The first kappa shape index (κ1) is 13.1. The Morgan fingerprint density at radius 2 is 1.95 bits per heavy atom. The maximum Gasteiger partial charge on any atom is 0.0948 e. The Labute approximate surface area is 116 Å². The predicted molar refractivity (Wildman–Crippen MR) is 78.1 cm³/mol. The Balaban J connectivity index is 1.80. The van der Waals surface area contributed by atoms with Gasteiger partial charge in [0.25, 0.3) is 0 Å².